The summed E-state index contributed by atoms with van der Waals surface area (Å²) in [6, 6.07) is 11.9. The van der Waals surface area contributed by atoms with Crippen molar-refractivity contribution in [3.63, 3.8) is 0 Å². The standard InChI is InChI=1S/C16H19NO4S/c1-3-17(14-6-4-5-12(2)9-14)11-13-7-8-15(10-16(13)18)22(19,20)21/h4-10,18H,3,11H2,1-2H3,(H,19,20,21). The summed E-state index contributed by atoms with van der Waals surface area (Å²) in [6.45, 7) is 5.20. The fourth-order valence-electron chi connectivity index (χ4n) is 2.25. The maximum Gasteiger partial charge on any atom is 0.294 e. The second-order valence-corrected chi connectivity index (χ2v) is 6.54. The molecular weight excluding hydrogens is 302 g/mol. The van der Waals surface area contributed by atoms with E-state index in [1.54, 1.807) is 0 Å². The molecule has 2 aromatic rings. The minimum atomic E-state index is -4.31. The largest absolute Gasteiger partial charge is 0.508 e. The van der Waals surface area contributed by atoms with Gasteiger partial charge in [-0.3, -0.25) is 4.55 Å². The number of aromatic hydroxyl groups is 1. The Morgan fingerprint density at radius 3 is 2.41 bits per heavy atom. The molecule has 0 saturated heterocycles. The Morgan fingerprint density at radius 2 is 1.86 bits per heavy atom. The highest BCUT2D eigenvalue weighted by Gasteiger charge is 2.14. The van der Waals surface area contributed by atoms with Crippen LogP contribution < -0.4 is 4.90 Å². The van der Waals surface area contributed by atoms with Gasteiger partial charge in [0.25, 0.3) is 10.1 Å². The summed E-state index contributed by atoms with van der Waals surface area (Å²) in [5.41, 5.74) is 2.76. The topological polar surface area (TPSA) is 77.8 Å². The van der Waals surface area contributed by atoms with Gasteiger partial charge in [0, 0.05) is 30.4 Å². The molecule has 2 rings (SSSR count). The lowest BCUT2D eigenvalue weighted by Gasteiger charge is -2.24. The Hall–Kier alpha value is -2.05. The Kier molecular flexibility index (Phi) is 4.73. The summed E-state index contributed by atoms with van der Waals surface area (Å²) in [5, 5.41) is 10.00. The molecule has 0 spiro atoms. The van der Waals surface area contributed by atoms with Gasteiger partial charge in [-0.15, -0.1) is 0 Å². The molecule has 6 heteroatoms. The molecule has 0 aliphatic rings. The number of aryl methyl sites for hydroxylation is 1. The number of phenolic OH excluding ortho intramolecular Hbond substituents is 1. The summed E-state index contributed by atoms with van der Waals surface area (Å²) >= 11 is 0. The second-order valence-electron chi connectivity index (χ2n) is 5.12. The van der Waals surface area contributed by atoms with Gasteiger partial charge in [0.1, 0.15) is 5.75 Å². The smallest absolute Gasteiger partial charge is 0.294 e. The molecule has 2 N–H and O–H groups in total. The van der Waals surface area contributed by atoms with Gasteiger partial charge in [-0.25, -0.2) is 0 Å². The molecule has 0 heterocycles. The molecule has 0 amide bonds. The molecule has 0 unspecified atom stereocenters. The number of phenols is 1. The molecule has 2 aromatic carbocycles. The van der Waals surface area contributed by atoms with E-state index < -0.39 is 10.1 Å². The number of nitrogens with zero attached hydrogens (tertiary/aromatic N) is 1. The van der Waals surface area contributed by atoms with Gasteiger partial charge in [0.15, 0.2) is 0 Å². The molecule has 0 aliphatic carbocycles. The zero-order chi connectivity index (χ0) is 16.3. The lowest BCUT2D eigenvalue weighted by atomic mass is 10.1. The molecule has 5 nitrogen and oxygen atoms in total. The van der Waals surface area contributed by atoms with E-state index in [1.807, 2.05) is 38.1 Å². The van der Waals surface area contributed by atoms with Crippen molar-refractivity contribution in [2.45, 2.75) is 25.3 Å². The minimum absolute atomic E-state index is 0.152. The fraction of sp³-hybridized carbons (Fsp3) is 0.250. The summed E-state index contributed by atoms with van der Waals surface area (Å²) in [5.74, 6) is -0.152. The Balaban J connectivity index is 2.29. The maximum atomic E-state index is 11.1. The number of hydrogen-bond acceptors (Lipinski definition) is 4. The average Bonchev–Trinajstić information content (AvgIpc) is 2.45. The number of anilines is 1. The van der Waals surface area contributed by atoms with E-state index in [-0.39, 0.29) is 10.6 Å². The van der Waals surface area contributed by atoms with Crippen LogP contribution in [0.2, 0.25) is 0 Å². The van der Waals surface area contributed by atoms with Gasteiger partial charge in [-0.05, 0) is 37.6 Å². The van der Waals surface area contributed by atoms with Crippen LogP contribution in [0.1, 0.15) is 18.1 Å². The predicted octanol–water partition coefficient (Wildman–Crippen LogP) is 2.97. The zero-order valence-corrected chi connectivity index (χ0v) is 13.3. The number of hydrogen-bond donors (Lipinski definition) is 2. The molecule has 0 aromatic heterocycles. The molecule has 0 saturated carbocycles. The van der Waals surface area contributed by atoms with Gasteiger partial charge in [0.2, 0.25) is 0 Å². The number of rotatable bonds is 5. The lowest BCUT2D eigenvalue weighted by Crippen LogP contribution is -2.22. The third-order valence-electron chi connectivity index (χ3n) is 3.46. The first kappa shape index (κ1) is 16.3. The summed E-state index contributed by atoms with van der Waals surface area (Å²) in [6.07, 6.45) is 0. The predicted molar refractivity (Wildman–Crippen MR) is 85.8 cm³/mol. The van der Waals surface area contributed by atoms with E-state index in [2.05, 4.69) is 4.90 Å². The van der Waals surface area contributed by atoms with Crippen molar-refractivity contribution < 1.29 is 18.1 Å². The third kappa shape index (κ3) is 3.78. The Morgan fingerprint density at radius 1 is 1.14 bits per heavy atom. The van der Waals surface area contributed by atoms with Crippen LogP contribution in [0.3, 0.4) is 0 Å². The SMILES string of the molecule is CCN(Cc1ccc(S(=O)(=O)O)cc1O)c1cccc(C)c1. The van der Waals surface area contributed by atoms with Gasteiger partial charge >= 0.3 is 0 Å². The second kappa shape index (κ2) is 6.37. The molecular formula is C16H19NO4S. The van der Waals surface area contributed by atoms with Crippen LogP contribution >= 0.6 is 0 Å². The highest BCUT2D eigenvalue weighted by Crippen LogP contribution is 2.25. The van der Waals surface area contributed by atoms with Crippen LogP contribution in [0, 0.1) is 6.92 Å². The first-order valence-corrected chi connectivity index (χ1v) is 8.36. The van der Waals surface area contributed by atoms with Crippen molar-refractivity contribution in [1.82, 2.24) is 0 Å². The summed E-state index contributed by atoms with van der Waals surface area (Å²) in [7, 11) is -4.31. The van der Waals surface area contributed by atoms with Crippen molar-refractivity contribution >= 4 is 15.8 Å². The van der Waals surface area contributed by atoms with Crippen molar-refractivity contribution in [3.05, 3.63) is 53.6 Å². The first-order valence-electron chi connectivity index (χ1n) is 6.92. The van der Waals surface area contributed by atoms with E-state index in [4.69, 9.17) is 4.55 Å². The van der Waals surface area contributed by atoms with Crippen LogP contribution in [0.4, 0.5) is 5.69 Å². The van der Waals surface area contributed by atoms with E-state index in [1.165, 1.54) is 12.1 Å². The molecule has 0 radical (unpaired) electrons. The lowest BCUT2D eigenvalue weighted by molar-refractivity contribution is 0.460. The van der Waals surface area contributed by atoms with E-state index in [0.29, 0.717) is 12.1 Å². The van der Waals surface area contributed by atoms with Crippen LogP contribution in [0.15, 0.2) is 47.4 Å². The highest BCUT2D eigenvalue weighted by molar-refractivity contribution is 7.85. The monoisotopic (exact) mass is 321 g/mol. The Bertz CT molecular complexity index is 771. The molecule has 118 valence electrons. The van der Waals surface area contributed by atoms with Gasteiger partial charge < -0.3 is 10.0 Å². The highest BCUT2D eigenvalue weighted by atomic mass is 32.2. The van der Waals surface area contributed by atoms with Crippen molar-refractivity contribution in [2.24, 2.45) is 0 Å². The van der Waals surface area contributed by atoms with Crippen LogP contribution in [0.5, 0.6) is 5.75 Å². The Labute approximate surface area is 130 Å². The molecule has 0 bridgehead atoms. The zero-order valence-electron chi connectivity index (χ0n) is 12.5. The molecule has 0 atom stereocenters. The molecule has 0 aliphatic heterocycles. The van der Waals surface area contributed by atoms with Crippen LogP contribution in [-0.2, 0) is 16.7 Å². The van der Waals surface area contributed by atoms with Gasteiger partial charge in [-0.2, -0.15) is 8.42 Å². The first-order chi connectivity index (χ1) is 10.3. The van der Waals surface area contributed by atoms with Crippen molar-refractivity contribution in [3.8, 4) is 5.75 Å². The number of benzene rings is 2. The maximum absolute atomic E-state index is 11.1. The summed E-state index contributed by atoms with van der Waals surface area (Å²) in [4.78, 5) is 1.75. The average molecular weight is 321 g/mol. The third-order valence-corrected chi connectivity index (χ3v) is 4.31. The van der Waals surface area contributed by atoms with E-state index in [9.17, 15) is 13.5 Å². The quantitative estimate of drug-likeness (QED) is 0.828. The van der Waals surface area contributed by atoms with Gasteiger partial charge in [0.05, 0.1) is 4.90 Å². The van der Waals surface area contributed by atoms with Crippen LogP contribution in [-0.4, -0.2) is 24.6 Å². The minimum Gasteiger partial charge on any atom is -0.508 e. The van der Waals surface area contributed by atoms with E-state index >= 15 is 0 Å². The molecule has 0 fully saturated rings. The van der Waals surface area contributed by atoms with Crippen molar-refractivity contribution in [2.75, 3.05) is 11.4 Å². The van der Waals surface area contributed by atoms with Crippen LogP contribution in [0.25, 0.3) is 0 Å². The summed E-state index contributed by atoms with van der Waals surface area (Å²) < 4.78 is 31.1. The fourth-order valence-corrected chi connectivity index (χ4v) is 2.75. The van der Waals surface area contributed by atoms with Crippen molar-refractivity contribution in [1.29, 1.82) is 0 Å². The normalized spacial score (nSPS) is 11.4. The van der Waals surface area contributed by atoms with Gasteiger partial charge in [-0.1, -0.05) is 18.2 Å². The van der Waals surface area contributed by atoms with E-state index in [0.717, 1.165) is 23.9 Å². The molecule has 22 heavy (non-hydrogen) atoms.